The van der Waals surface area contributed by atoms with Crippen LogP contribution in [-0.2, 0) is 36.2 Å². The van der Waals surface area contributed by atoms with E-state index >= 15 is 0 Å². The minimum absolute atomic E-state index is 0.0388. The van der Waals surface area contributed by atoms with E-state index in [9.17, 15) is 29.7 Å². The molecule has 1 saturated heterocycles. The number of nitrogens with one attached hydrogen (secondary N) is 2. The second-order valence-corrected chi connectivity index (χ2v) is 8.15. The summed E-state index contributed by atoms with van der Waals surface area (Å²) >= 11 is 0. The fraction of sp³-hybridized carbons (Fsp3) is 0.435. The smallest absolute Gasteiger partial charge is 0.336 e. The van der Waals surface area contributed by atoms with Crippen LogP contribution in [0, 0.1) is 0 Å². The lowest BCUT2D eigenvalue weighted by atomic mass is 9.98. The second-order valence-electron chi connectivity index (χ2n) is 8.15. The number of methoxy groups -OCH3 is 1. The topological polar surface area (TPSA) is 183 Å². The number of aliphatic hydroxyl groups is 1. The van der Waals surface area contributed by atoms with Gasteiger partial charge in [0.05, 0.1) is 12.3 Å². The van der Waals surface area contributed by atoms with E-state index in [2.05, 4.69) is 20.6 Å². The highest BCUT2D eigenvalue weighted by atomic mass is 16.6. The molecule has 0 aliphatic carbocycles. The first-order chi connectivity index (χ1) is 17.3. The van der Waals surface area contributed by atoms with Crippen LogP contribution in [-0.4, -0.2) is 101 Å². The number of carbonyl (C=O) groups excluding carboxylic acids is 1. The number of aliphatic hydroxyl groups excluding tert-OH is 1. The van der Waals surface area contributed by atoms with Gasteiger partial charge < -0.3 is 30.1 Å². The maximum Gasteiger partial charge on any atom is 0.336 e. The quantitative estimate of drug-likeness (QED) is 0.166. The van der Waals surface area contributed by atoms with Gasteiger partial charge in [-0.3, -0.25) is 25.0 Å². The molecule has 1 aliphatic heterocycles. The molecule has 0 bridgehead atoms. The molecule has 1 aromatic carbocycles. The average Bonchev–Trinajstić information content (AvgIpc) is 2.88. The van der Waals surface area contributed by atoms with E-state index < -0.39 is 29.9 Å². The van der Waals surface area contributed by atoms with Gasteiger partial charge in [0.2, 0.25) is 6.41 Å². The fourth-order valence-corrected chi connectivity index (χ4v) is 4.00. The van der Waals surface area contributed by atoms with Gasteiger partial charge in [0.15, 0.2) is 17.9 Å². The van der Waals surface area contributed by atoms with E-state index in [0.29, 0.717) is 50.5 Å². The highest BCUT2D eigenvalue weighted by Crippen LogP contribution is 2.34. The van der Waals surface area contributed by atoms with E-state index in [1.165, 1.54) is 12.4 Å². The Bertz CT molecular complexity index is 1050. The van der Waals surface area contributed by atoms with Crippen molar-refractivity contribution in [2.24, 2.45) is 0 Å². The van der Waals surface area contributed by atoms with Gasteiger partial charge in [-0.05, 0) is 5.56 Å². The summed E-state index contributed by atoms with van der Waals surface area (Å²) in [6.45, 7) is 2.04. The summed E-state index contributed by atoms with van der Waals surface area (Å²) in [5.41, 5.74) is 0.552. The summed E-state index contributed by atoms with van der Waals surface area (Å²) in [7, 11) is 1.59. The minimum atomic E-state index is -2.33. The summed E-state index contributed by atoms with van der Waals surface area (Å²) in [5.74, 6) is -3.39. The molecule has 3 rings (SSSR count). The van der Waals surface area contributed by atoms with Gasteiger partial charge in [-0.25, -0.2) is 9.59 Å². The standard InChI is InChI=1S/C23H29N5O8/c1-35-12-15-2-4-16(5-3-15)17-20(26-7-6-25-17)23(36-19(22(33)34)18(30)21(31)32)13-28(11-9-27-23)10-8-24-14-29/h2-7,14,18-19,27,30H,8-13H2,1H3,(H,24,29)(H,31,32)(H,33,34)/t18-,19-,23?/m1/s1. The first-order valence-corrected chi connectivity index (χ1v) is 11.2. The second kappa shape index (κ2) is 12.5. The van der Waals surface area contributed by atoms with Crippen LogP contribution in [0.1, 0.15) is 11.3 Å². The first kappa shape index (κ1) is 27.1. The summed E-state index contributed by atoms with van der Waals surface area (Å²) in [5, 5.41) is 34.8. The van der Waals surface area contributed by atoms with Crippen LogP contribution in [0.5, 0.6) is 0 Å². The van der Waals surface area contributed by atoms with Crippen molar-refractivity contribution >= 4 is 18.3 Å². The number of ether oxygens (including phenoxy) is 2. The van der Waals surface area contributed by atoms with Crippen molar-refractivity contribution in [3.05, 3.63) is 47.9 Å². The molecular weight excluding hydrogens is 474 g/mol. The number of amides is 1. The number of carboxylic acid groups (broad SMARTS) is 2. The average molecular weight is 504 g/mol. The Balaban J connectivity index is 2.07. The van der Waals surface area contributed by atoms with Crippen molar-refractivity contribution in [2.45, 2.75) is 24.5 Å². The zero-order valence-electron chi connectivity index (χ0n) is 19.7. The molecule has 1 amide bonds. The third kappa shape index (κ3) is 6.38. The van der Waals surface area contributed by atoms with Crippen molar-refractivity contribution in [3.8, 4) is 11.3 Å². The lowest BCUT2D eigenvalue weighted by Gasteiger charge is -2.44. The highest BCUT2D eigenvalue weighted by molar-refractivity contribution is 5.83. The van der Waals surface area contributed by atoms with Gasteiger partial charge in [-0.1, -0.05) is 24.3 Å². The molecule has 2 heterocycles. The first-order valence-electron chi connectivity index (χ1n) is 11.2. The lowest BCUT2D eigenvalue weighted by molar-refractivity contribution is -0.204. The molecule has 194 valence electrons. The van der Waals surface area contributed by atoms with Crippen molar-refractivity contribution in [1.82, 2.24) is 25.5 Å². The summed E-state index contributed by atoms with van der Waals surface area (Å²) < 4.78 is 11.1. The molecule has 0 radical (unpaired) electrons. The van der Waals surface area contributed by atoms with Crippen molar-refractivity contribution in [1.29, 1.82) is 0 Å². The molecule has 2 aromatic rings. The number of benzene rings is 1. The molecular formula is C23H29N5O8. The van der Waals surface area contributed by atoms with Crippen LogP contribution in [0.2, 0.25) is 0 Å². The van der Waals surface area contributed by atoms with Crippen molar-refractivity contribution < 1.29 is 39.2 Å². The number of piperazine rings is 1. The maximum atomic E-state index is 12.0. The van der Waals surface area contributed by atoms with Crippen LogP contribution >= 0.6 is 0 Å². The normalized spacial score (nSPS) is 19.8. The predicted octanol–water partition coefficient (Wildman–Crippen LogP) is -0.991. The van der Waals surface area contributed by atoms with Gasteiger partial charge in [0, 0.05) is 57.8 Å². The number of nitrogens with zero attached hydrogens (tertiary/aromatic N) is 3. The van der Waals surface area contributed by atoms with E-state index in [1.807, 2.05) is 29.2 Å². The number of aromatic nitrogens is 2. The number of aliphatic carboxylic acids is 2. The fourth-order valence-electron chi connectivity index (χ4n) is 4.00. The van der Waals surface area contributed by atoms with Crippen molar-refractivity contribution in [3.63, 3.8) is 0 Å². The zero-order valence-corrected chi connectivity index (χ0v) is 19.7. The van der Waals surface area contributed by atoms with Crippen molar-refractivity contribution in [2.75, 3.05) is 39.8 Å². The molecule has 5 N–H and O–H groups in total. The lowest BCUT2D eigenvalue weighted by Crippen LogP contribution is -2.63. The Morgan fingerprint density at radius 2 is 1.94 bits per heavy atom. The molecule has 1 aromatic heterocycles. The number of carboxylic acids is 2. The summed E-state index contributed by atoms with van der Waals surface area (Å²) in [6.07, 6.45) is -0.973. The number of carbonyl (C=O) groups is 3. The molecule has 1 fully saturated rings. The predicted molar refractivity (Wildman–Crippen MR) is 125 cm³/mol. The molecule has 3 atom stereocenters. The van der Waals surface area contributed by atoms with Crippen LogP contribution in [0.25, 0.3) is 11.3 Å². The molecule has 36 heavy (non-hydrogen) atoms. The van der Waals surface area contributed by atoms with E-state index in [0.717, 1.165) is 5.56 Å². The Kier molecular flexibility index (Phi) is 9.38. The monoisotopic (exact) mass is 503 g/mol. The highest BCUT2D eigenvalue weighted by Gasteiger charge is 2.47. The largest absolute Gasteiger partial charge is 0.479 e. The number of hydrogen-bond donors (Lipinski definition) is 5. The third-order valence-corrected chi connectivity index (χ3v) is 5.67. The zero-order chi connectivity index (χ0) is 26.1. The van der Waals surface area contributed by atoms with Gasteiger partial charge >= 0.3 is 11.9 Å². The van der Waals surface area contributed by atoms with Crippen LogP contribution in [0.3, 0.4) is 0 Å². The van der Waals surface area contributed by atoms with E-state index in [4.69, 9.17) is 9.47 Å². The van der Waals surface area contributed by atoms with Gasteiger partial charge in [0.1, 0.15) is 5.69 Å². The van der Waals surface area contributed by atoms with Gasteiger partial charge in [0.25, 0.3) is 0 Å². The Hall–Kier alpha value is -3.49. The SMILES string of the molecule is COCc1ccc(-c2nccnc2C2(O[C@@H](C(=O)O)[C@@H](O)C(=O)O)CN(CCNC=O)CCN2)cc1. The molecule has 13 nitrogen and oxygen atoms in total. The Labute approximate surface area is 207 Å². The third-order valence-electron chi connectivity index (χ3n) is 5.67. The Morgan fingerprint density at radius 3 is 2.58 bits per heavy atom. The van der Waals surface area contributed by atoms with Crippen LogP contribution in [0.15, 0.2) is 36.7 Å². The van der Waals surface area contributed by atoms with Crippen LogP contribution < -0.4 is 10.6 Å². The molecule has 1 unspecified atom stereocenters. The minimum Gasteiger partial charge on any atom is -0.479 e. The van der Waals surface area contributed by atoms with E-state index in [1.54, 1.807) is 7.11 Å². The number of rotatable bonds is 13. The van der Waals surface area contributed by atoms with Crippen LogP contribution in [0.4, 0.5) is 0 Å². The van der Waals surface area contributed by atoms with Gasteiger partial charge in [-0.15, -0.1) is 0 Å². The molecule has 0 spiro atoms. The number of hydrogen-bond acceptors (Lipinski definition) is 10. The summed E-state index contributed by atoms with van der Waals surface area (Å²) in [4.78, 5) is 44.9. The Morgan fingerprint density at radius 1 is 1.22 bits per heavy atom. The maximum absolute atomic E-state index is 12.0. The molecule has 0 saturated carbocycles. The molecule has 1 aliphatic rings. The van der Waals surface area contributed by atoms with E-state index in [-0.39, 0.29) is 12.2 Å². The summed E-state index contributed by atoms with van der Waals surface area (Å²) in [6, 6.07) is 7.32. The molecule has 13 heteroatoms. The van der Waals surface area contributed by atoms with Gasteiger partial charge in [-0.2, -0.15) is 0 Å².